The number of fused-ring (bicyclic) bond motifs is 1. The lowest BCUT2D eigenvalue weighted by atomic mass is 9.93. The van der Waals surface area contributed by atoms with Crippen molar-refractivity contribution in [1.29, 1.82) is 0 Å². The van der Waals surface area contributed by atoms with Crippen LogP contribution in [-0.2, 0) is 0 Å². The molecule has 0 unspecified atom stereocenters. The van der Waals surface area contributed by atoms with E-state index in [1.54, 1.807) is 12.1 Å². The molecule has 0 radical (unpaired) electrons. The van der Waals surface area contributed by atoms with Crippen LogP contribution in [0.2, 0.25) is 0 Å². The number of hydrogen-bond acceptors (Lipinski definition) is 3. The Bertz CT molecular complexity index is 590. The molecule has 0 aliphatic heterocycles. The Morgan fingerprint density at radius 1 is 1.17 bits per heavy atom. The summed E-state index contributed by atoms with van der Waals surface area (Å²) in [6.45, 7) is 7.19. The largest absolute Gasteiger partial charge is 0.493 e. The highest BCUT2D eigenvalue weighted by Gasteiger charge is 2.10. The molecule has 18 heavy (non-hydrogen) atoms. The van der Waals surface area contributed by atoms with Crippen LogP contribution in [0.25, 0.3) is 11.0 Å². The van der Waals surface area contributed by atoms with Crippen LogP contribution in [0.15, 0.2) is 39.5 Å². The van der Waals surface area contributed by atoms with E-state index in [9.17, 15) is 4.79 Å². The quantitative estimate of drug-likeness (QED) is 0.777. The lowest BCUT2D eigenvalue weighted by Crippen LogP contribution is -2.11. The Hall–Kier alpha value is -1.77. The van der Waals surface area contributed by atoms with Gasteiger partial charge in [0.05, 0.1) is 6.61 Å². The molecule has 0 N–H and O–H groups in total. The molecule has 0 bridgehead atoms. The zero-order valence-corrected chi connectivity index (χ0v) is 11.0. The first-order valence-electron chi connectivity index (χ1n) is 6.11. The zero-order valence-electron chi connectivity index (χ0n) is 11.0. The molecule has 0 aliphatic rings. The van der Waals surface area contributed by atoms with Crippen molar-refractivity contribution in [2.45, 2.75) is 27.2 Å². The summed E-state index contributed by atoms with van der Waals surface area (Å²) in [5.41, 5.74) is 0.480. The van der Waals surface area contributed by atoms with E-state index in [0.29, 0.717) is 12.2 Å². The van der Waals surface area contributed by atoms with E-state index in [2.05, 4.69) is 20.8 Å². The van der Waals surface area contributed by atoms with Crippen molar-refractivity contribution in [3.8, 4) is 5.75 Å². The summed E-state index contributed by atoms with van der Waals surface area (Å²) in [6, 6.07) is 8.72. The van der Waals surface area contributed by atoms with Gasteiger partial charge in [0.2, 0.25) is 0 Å². The molecule has 0 saturated heterocycles. The fraction of sp³-hybridized carbons (Fsp3) is 0.400. The summed E-state index contributed by atoms with van der Waals surface area (Å²) < 4.78 is 10.8. The molecule has 0 saturated carbocycles. The molecule has 1 heterocycles. The van der Waals surface area contributed by atoms with E-state index in [4.69, 9.17) is 9.15 Å². The third-order valence-corrected chi connectivity index (χ3v) is 2.72. The molecule has 1 aromatic carbocycles. The molecular formula is C15H18O3. The van der Waals surface area contributed by atoms with E-state index >= 15 is 0 Å². The number of rotatable bonds is 3. The Morgan fingerprint density at radius 3 is 2.61 bits per heavy atom. The van der Waals surface area contributed by atoms with Gasteiger partial charge in [-0.05, 0) is 30.0 Å². The summed E-state index contributed by atoms with van der Waals surface area (Å²) in [4.78, 5) is 11.1. The summed E-state index contributed by atoms with van der Waals surface area (Å²) in [7, 11) is 0. The maximum Gasteiger partial charge on any atom is 0.336 e. The molecule has 96 valence electrons. The van der Waals surface area contributed by atoms with Crippen molar-refractivity contribution >= 4 is 11.0 Å². The van der Waals surface area contributed by atoms with E-state index in [-0.39, 0.29) is 11.0 Å². The molecule has 0 fully saturated rings. The molecular weight excluding hydrogens is 228 g/mol. The van der Waals surface area contributed by atoms with Gasteiger partial charge in [0.15, 0.2) is 0 Å². The molecule has 0 atom stereocenters. The molecule has 3 heteroatoms. The first-order valence-corrected chi connectivity index (χ1v) is 6.11. The second-order valence-electron chi connectivity index (χ2n) is 5.61. The second kappa shape index (κ2) is 4.84. The van der Waals surface area contributed by atoms with Crippen molar-refractivity contribution in [3.05, 3.63) is 40.8 Å². The highest BCUT2D eigenvalue weighted by molar-refractivity contribution is 5.77. The van der Waals surface area contributed by atoms with Gasteiger partial charge in [-0.3, -0.25) is 0 Å². The maximum absolute atomic E-state index is 11.1. The normalized spacial score (nSPS) is 11.7. The first kappa shape index (κ1) is 12.7. The summed E-state index contributed by atoms with van der Waals surface area (Å²) >= 11 is 0. The predicted molar refractivity (Wildman–Crippen MR) is 72.1 cm³/mol. The van der Waals surface area contributed by atoms with E-state index < -0.39 is 0 Å². The first-order chi connectivity index (χ1) is 8.44. The Balaban J connectivity index is 2.12. The fourth-order valence-electron chi connectivity index (χ4n) is 1.61. The molecule has 3 nitrogen and oxygen atoms in total. The van der Waals surface area contributed by atoms with Crippen molar-refractivity contribution in [3.63, 3.8) is 0 Å². The van der Waals surface area contributed by atoms with Crippen LogP contribution >= 0.6 is 0 Å². The third-order valence-electron chi connectivity index (χ3n) is 2.72. The highest BCUT2D eigenvalue weighted by atomic mass is 16.5. The van der Waals surface area contributed by atoms with Crippen LogP contribution in [-0.4, -0.2) is 6.61 Å². The minimum atomic E-state index is -0.339. The molecule has 0 aliphatic carbocycles. The summed E-state index contributed by atoms with van der Waals surface area (Å²) in [5.74, 6) is 0.737. The predicted octanol–water partition coefficient (Wildman–Crippen LogP) is 3.61. The molecule has 1 aromatic heterocycles. The summed E-state index contributed by atoms with van der Waals surface area (Å²) in [5, 5.41) is 0.901. The molecule has 2 aromatic rings. The van der Waals surface area contributed by atoms with E-state index in [1.807, 2.05) is 12.1 Å². The van der Waals surface area contributed by atoms with Crippen LogP contribution in [0.1, 0.15) is 27.2 Å². The van der Waals surface area contributed by atoms with Gasteiger partial charge in [-0.15, -0.1) is 0 Å². The summed E-state index contributed by atoms with van der Waals surface area (Å²) in [6.07, 6.45) is 0.976. The van der Waals surface area contributed by atoms with E-state index in [1.165, 1.54) is 6.07 Å². The molecule has 0 spiro atoms. The minimum absolute atomic E-state index is 0.253. The van der Waals surface area contributed by atoms with Crippen LogP contribution in [0.3, 0.4) is 0 Å². The minimum Gasteiger partial charge on any atom is -0.493 e. The lowest BCUT2D eigenvalue weighted by Gasteiger charge is -2.18. The Kier molecular flexibility index (Phi) is 3.41. The fourth-order valence-corrected chi connectivity index (χ4v) is 1.61. The van der Waals surface area contributed by atoms with Crippen molar-refractivity contribution in [2.75, 3.05) is 6.61 Å². The van der Waals surface area contributed by atoms with Crippen LogP contribution in [0, 0.1) is 5.41 Å². The molecule has 2 rings (SSSR count). The average Bonchev–Trinajstić information content (AvgIpc) is 2.26. The smallest absolute Gasteiger partial charge is 0.336 e. The maximum atomic E-state index is 11.1. The number of benzene rings is 1. The molecule has 0 amide bonds. The lowest BCUT2D eigenvalue weighted by molar-refractivity contribution is 0.243. The Labute approximate surface area is 106 Å². The van der Waals surface area contributed by atoms with Crippen LogP contribution in [0.5, 0.6) is 5.75 Å². The average molecular weight is 246 g/mol. The number of hydrogen-bond donors (Lipinski definition) is 0. The van der Waals surface area contributed by atoms with Gasteiger partial charge >= 0.3 is 5.63 Å². The van der Waals surface area contributed by atoms with Crippen molar-refractivity contribution < 1.29 is 9.15 Å². The van der Waals surface area contributed by atoms with Gasteiger partial charge < -0.3 is 9.15 Å². The topological polar surface area (TPSA) is 39.4 Å². The third kappa shape index (κ3) is 3.36. The monoisotopic (exact) mass is 246 g/mol. The standard InChI is InChI=1S/C15H18O3/c1-15(2,3)8-9-17-12-6-4-11-5-7-14(16)18-13(11)10-12/h4-7,10H,8-9H2,1-3H3. The number of ether oxygens (including phenoxy) is 1. The van der Waals surface area contributed by atoms with E-state index in [0.717, 1.165) is 17.6 Å². The Morgan fingerprint density at radius 2 is 1.89 bits per heavy atom. The van der Waals surface area contributed by atoms with Crippen molar-refractivity contribution in [1.82, 2.24) is 0 Å². The van der Waals surface area contributed by atoms with Gasteiger partial charge in [-0.25, -0.2) is 4.79 Å². The van der Waals surface area contributed by atoms with Gasteiger partial charge in [0.1, 0.15) is 11.3 Å². The SMILES string of the molecule is CC(C)(C)CCOc1ccc2ccc(=O)oc2c1. The van der Waals surface area contributed by atoms with Crippen LogP contribution < -0.4 is 10.4 Å². The highest BCUT2D eigenvalue weighted by Crippen LogP contribution is 2.22. The van der Waals surface area contributed by atoms with Gasteiger partial charge in [0, 0.05) is 17.5 Å². The second-order valence-corrected chi connectivity index (χ2v) is 5.61. The van der Waals surface area contributed by atoms with Gasteiger partial charge in [-0.2, -0.15) is 0 Å². The van der Waals surface area contributed by atoms with Crippen LogP contribution in [0.4, 0.5) is 0 Å². The van der Waals surface area contributed by atoms with Crippen molar-refractivity contribution in [2.24, 2.45) is 5.41 Å². The van der Waals surface area contributed by atoms with Gasteiger partial charge in [-0.1, -0.05) is 20.8 Å². The van der Waals surface area contributed by atoms with Gasteiger partial charge in [0.25, 0.3) is 0 Å². The zero-order chi connectivity index (χ0) is 13.2.